The number of anilines is 1. The summed E-state index contributed by atoms with van der Waals surface area (Å²) in [6, 6.07) is 6.03. The molecule has 6 heteroatoms. The Hall–Kier alpha value is -1.95. The first-order valence-corrected chi connectivity index (χ1v) is 5.99. The molecule has 2 heterocycles. The summed E-state index contributed by atoms with van der Waals surface area (Å²) in [5, 5.41) is 5.31. The van der Waals surface area contributed by atoms with Gasteiger partial charge in [-0.05, 0) is 25.1 Å². The zero-order chi connectivity index (χ0) is 12.0. The summed E-state index contributed by atoms with van der Waals surface area (Å²) in [5.74, 6) is 1.05. The maximum Gasteiger partial charge on any atom is 0.218 e. The summed E-state index contributed by atoms with van der Waals surface area (Å²) >= 11 is 1.68. The summed E-state index contributed by atoms with van der Waals surface area (Å²) in [4.78, 5) is 8.65. The molecule has 1 aromatic carbocycles. The summed E-state index contributed by atoms with van der Waals surface area (Å²) in [6.45, 7) is 2.00. The quantitative estimate of drug-likeness (QED) is 0.711. The molecule has 2 aromatic heterocycles. The first-order chi connectivity index (χ1) is 8.13. The standard InChI is InChI=1S/C11H11N5S/c1-6-13-8-5-7(3-4-9(8)17-6)10-14-11(12)16(2)15-10/h3-5H,1-2H3,(H2,12,14,15). The second kappa shape index (κ2) is 3.53. The predicted molar refractivity (Wildman–Crippen MR) is 68.8 cm³/mol. The number of nitrogen functional groups attached to an aromatic ring is 1. The molecule has 3 rings (SSSR count). The largest absolute Gasteiger partial charge is 0.368 e. The summed E-state index contributed by atoms with van der Waals surface area (Å²) in [5.41, 5.74) is 7.59. The van der Waals surface area contributed by atoms with Gasteiger partial charge in [0, 0.05) is 12.6 Å². The summed E-state index contributed by atoms with van der Waals surface area (Å²) in [6.07, 6.45) is 0. The third-order valence-corrected chi connectivity index (χ3v) is 3.50. The Morgan fingerprint density at radius 3 is 2.82 bits per heavy atom. The zero-order valence-corrected chi connectivity index (χ0v) is 10.3. The smallest absolute Gasteiger partial charge is 0.218 e. The van der Waals surface area contributed by atoms with E-state index in [-0.39, 0.29) is 0 Å². The van der Waals surface area contributed by atoms with Crippen LogP contribution >= 0.6 is 11.3 Å². The Bertz CT molecular complexity index is 678. The van der Waals surface area contributed by atoms with Gasteiger partial charge in [0.05, 0.1) is 15.2 Å². The van der Waals surface area contributed by atoms with E-state index in [0.717, 1.165) is 16.1 Å². The number of hydrogen-bond acceptors (Lipinski definition) is 5. The lowest BCUT2D eigenvalue weighted by atomic mass is 10.2. The van der Waals surface area contributed by atoms with Crippen molar-refractivity contribution in [2.75, 3.05) is 5.73 Å². The molecular weight excluding hydrogens is 234 g/mol. The topological polar surface area (TPSA) is 69.6 Å². The van der Waals surface area contributed by atoms with Gasteiger partial charge in [0.25, 0.3) is 0 Å². The van der Waals surface area contributed by atoms with Crippen LogP contribution < -0.4 is 5.73 Å². The number of rotatable bonds is 1. The van der Waals surface area contributed by atoms with E-state index in [1.54, 1.807) is 23.1 Å². The van der Waals surface area contributed by atoms with Crippen molar-refractivity contribution >= 4 is 27.5 Å². The van der Waals surface area contributed by atoms with Gasteiger partial charge in [-0.25, -0.2) is 9.67 Å². The number of nitrogens with zero attached hydrogens (tertiary/aromatic N) is 4. The van der Waals surface area contributed by atoms with E-state index in [1.165, 1.54) is 4.70 Å². The van der Waals surface area contributed by atoms with Crippen LogP contribution in [0.5, 0.6) is 0 Å². The van der Waals surface area contributed by atoms with Gasteiger partial charge in [0.2, 0.25) is 5.95 Å². The van der Waals surface area contributed by atoms with Gasteiger partial charge >= 0.3 is 0 Å². The summed E-state index contributed by atoms with van der Waals surface area (Å²) < 4.78 is 2.74. The van der Waals surface area contributed by atoms with Crippen molar-refractivity contribution in [3.63, 3.8) is 0 Å². The van der Waals surface area contributed by atoms with Gasteiger partial charge < -0.3 is 5.73 Å². The van der Waals surface area contributed by atoms with Crippen LogP contribution in [0.4, 0.5) is 5.95 Å². The van der Waals surface area contributed by atoms with Crippen LogP contribution in [0, 0.1) is 6.92 Å². The molecule has 0 saturated carbocycles. The fourth-order valence-corrected chi connectivity index (χ4v) is 2.51. The van der Waals surface area contributed by atoms with E-state index in [9.17, 15) is 0 Å². The van der Waals surface area contributed by atoms with Crippen LogP contribution in [-0.2, 0) is 7.05 Å². The van der Waals surface area contributed by atoms with Crippen molar-refractivity contribution in [2.24, 2.45) is 7.05 Å². The molecule has 0 bridgehead atoms. The van der Waals surface area contributed by atoms with E-state index < -0.39 is 0 Å². The van der Waals surface area contributed by atoms with Crippen LogP contribution in [0.3, 0.4) is 0 Å². The second-order valence-electron chi connectivity index (χ2n) is 3.83. The van der Waals surface area contributed by atoms with Crippen molar-refractivity contribution < 1.29 is 0 Å². The average Bonchev–Trinajstić information content (AvgIpc) is 2.80. The molecule has 0 spiro atoms. The van der Waals surface area contributed by atoms with Crippen LogP contribution in [0.25, 0.3) is 21.6 Å². The van der Waals surface area contributed by atoms with Crippen molar-refractivity contribution in [2.45, 2.75) is 6.92 Å². The van der Waals surface area contributed by atoms with E-state index in [0.29, 0.717) is 11.8 Å². The van der Waals surface area contributed by atoms with Crippen LogP contribution in [0.15, 0.2) is 18.2 Å². The number of fused-ring (bicyclic) bond motifs is 1. The van der Waals surface area contributed by atoms with Gasteiger partial charge in [0.15, 0.2) is 5.82 Å². The Kier molecular flexibility index (Phi) is 2.12. The van der Waals surface area contributed by atoms with E-state index in [1.807, 2.05) is 25.1 Å². The Balaban J connectivity index is 2.16. The molecule has 0 amide bonds. The highest BCUT2D eigenvalue weighted by atomic mass is 32.1. The molecule has 5 nitrogen and oxygen atoms in total. The zero-order valence-electron chi connectivity index (χ0n) is 9.51. The van der Waals surface area contributed by atoms with Crippen molar-refractivity contribution in [1.82, 2.24) is 19.7 Å². The minimum Gasteiger partial charge on any atom is -0.368 e. The van der Waals surface area contributed by atoms with Gasteiger partial charge in [-0.3, -0.25) is 0 Å². The molecule has 0 aliphatic rings. The molecule has 0 aliphatic carbocycles. The first kappa shape index (κ1) is 10.2. The minimum absolute atomic E-state index is 0.412. The third-order valence-electron chi connectivity index (χ3n) is 2.55. The van der Waals surface area contributed by atoms with Crippen molar-refractivity contribution in [3.05, 3.63) is 23.2 Å². The normalized spacial score (nSPS) is 11.2. The molecule has 0 unspecified atom stereocenters. The van der Waals surface area contributed by atoms with Crippen LogP contribution in [0.2, 0.25) is 0 Å². The van der Waals surface area contributed by atoms with Gasteiger partial charge in [-0.2, -0.15) is 4.98 Å². The van der Waals surface area contributed by atoms with Gasteiger partial charge in [-0.1, -0.05) is 0 Å². The fraction of sp³-hybridized carbons (Fsp3) is 0.182. The monoisotopic (exact) mass is 245 g/mol. The molecule has 2 N–H and O–H groups in total. The lowest BCUT2D eigenvalue weighted by Crippen LogP contribution is -1.97. The Morgan fingerprint density at radius 1 is 1.29 bits per heavy atom. The molecular formula is C11H11N5S. The average molecular weight is 245 g/mol. The number of benzene rings is 1. The highest BCUT2D eigenvalue weighted by Gasteiger charge is 2.08. The fourth-order valence-electron chi connectivity index (χ4n) is 1.70. The lowest BCUT2D eigenvalue weighted by molar-refractivity contribution is 0.781. The molecule has 17 heavy (non-hydrogen) atoms. The highest BCUT2D eigenvalue weighted by molar-refractivity contribution is 7.18. The molecule has 3 aromatic rings. The van der Waals surface area contributed by atoms with Gasteiger partial charge in [0.1, 0.15) is 0 Å². The maximum atomic E-state index is 5.67. The molecule has 86 valence electrons. The SMILES string of the molecule is Cc1nc2cc(-c3nc(N)n(C)n3)ccc2s1. The third kappa shape index (κ3) is 1.66. The number of aryl methyl sites for hydroxylation is 2. The molecule has 0 atom stereocenters. The van der Waals surface area contributed by atoms with Crippen LogP contribution in [-0.4, -0.2) is 19.7 Å². The van der Waals surface area contributed by atoms with Crippen molar-refractivity contribution in [3.8, 4) is 11.4 Å². The number of thiazole rings is 1. The number of nitrogens with two attached hydrogens (primary N) is 1. The predicted octanol–water partition coefficient (Wildman–Crippen LogP) is 1.98. The lowest BCUT2D eigenvalue weighted by Gasteiger charge is -1.94. The number of hydrogen-bond donors (Lipinski definition) is 1. The van der Waals surface area contributed by atoms with E-state index in [4.69, 9.17) is 5.73 Å². The molecule has 0 fully saturated rings. The maximum absolute atomic E-state index is 5.67. The van der Waals surface area contributed by atoms with E-state index in [2.05, 4.69) is 15.1 Å². The minimum atomic E-state index is 0.412. The van der Waals surface area contributed by atoms with Gasteiger partial charge in [-0.15, -0.1) is 16.4 Å². The Labute approximate surface area is 102 Å². The second-order valence-corrected chi connectivity index (χ2v) is 5.07. The molecule has 0 aliphatic heterocycles. The number of aromatic nitrogens is 4. The summed E-state index contributed by atoms with van der Waals surface area (Å²) in [7, 11) is 1.78. The van der Waals surface area contributed by atoms with Crippen molar-refractivity contribution in [1.29, 1.82) is 0 Å². The molecule has 0 saturated heterocycles. The van der Waals surface area contributed by atoms with E-state index >= 15 is 0 Å². The highest BCUT2D eigenvalue weighted by Crippen LogP contribution is 2.26. The first-order valence-electron chi connectivity index (χ1n) is 5.17. The Morgan fingerprint density at radius 2 is 2.12 bits per heavy atom. The van der Waals surface area contributed by atoms with Crippen LogP contribution in [0.1, 0.15) is 5.01 Å². The molecule has 0 radical (unpaired) electrons.